The van der Waals surface area contributed by atoms with Crippen molar-refractivity contribution in [2.45, 2.75) is 26.0 Å². The number of hydrogen-bond donors (Lipinski definition) is 1. The van der Waals surface area contributed by atoms with E-state index in [2.05, 4.69) is 9.47 Å². The van der Waals surface area contributed by atoms with Crippen LogP contribution in [0.15, 0.2) is 30.3 Å². The van der Waals surface area contributed by atoms with Crippen molar-refractivity contribution in [3.63, 3.8) is 0 Å². The van der Waals surface area contributed by atoms with Crippen LogP contribution in [0.1, 0.15) is 19.4 Å². The third kappa shape index (κ3) is 4.05. The summed E-state index contributed by atoms with van der Waals surface area (Å²) < 4.78 is 14.3. The summed E-state index contributed by atoms with van der Waals surface area (Å²) in [7, 11) is 0. The lowest BCUT2D eigenvalue weighted by atomic mass is 10.0. The lowest BCUT2D eigenvalue weighted by Crippen LogP contribution is -2.63. The molecule has 0 atom stereocenters. The molecule has 7 nitrogen and oxygen atoms in total. The Balaban J connectivity index is 2.88. The van der Waals surface area contributed by atoms with Crippen molar-refractivity contribution in [2.75, 3.05) is 13.2 Å². The predicted molar refractivity (Wildman–Crippen MR) is 76.4 cm³/mol. The molecule has 0 aromatic heterocycles. The van der Waals surface area contributed by atoms with Crippen molar-refractivity contribution in [1.82, 2.24) is 0 Å². The highest BCUT2D eigenvalue weighted by Crippen LogP contribution is 2.12. The van der Waals surface area contributed by atoms with E-state index in [0.29, 0.717) is 5.56 Å². The van der Waals surface area contributed by atoms with Crippen LogP contribution in [0, 0.1) is 0 Å². The molecule has 1 aromatic rings. The Bertz CT molecular complexity index is 510. The summed E-state index contributed by atoms with van der Waals surface area (Å²) in [6.45, 7) is 2.85. The summed E-state index contributed by atoms with van der Waals surface area (Å²) in [5.74, 6) is -3.62. The molecule has 0 aliphatic heterocycles. The van der Waals surface area contributed by atoms with Crippen molar-refractivity contribution in [1.29, 1.82) is 0 Å². The molecule has 2 N–H and O–H groups in total. The Morgan fingerprint density at radius 1 is 0.909 bits per heavy atom. The Hall–Kier alpha value is -2.41. The maximum absolute atomic E-state index is 12.1. The van der Waals surface area contributed by atoms with Gasteiger partial charge in [-0.05, 0) is 19.4 Å². The van der Waals surface area contributed by atoms with Gasteiger partial charge in [0.05, 0.1) is 13.2 Å². The van der Waals surface area contributed by atoms with Crippen molar-refractivity contribution in [3.05, 3.63) is 35.9 Å². The first-order valence-corrected chi connectivity index (χ1v) is 6.81. The number of nitrogens with two attached hydrogens (primary N) is 1. The minimum atomic E-state index is -2.62. The maximum atomic E-state index is 12.1. The van der Waals surface area contributed by atoms with Gasteiger partial charge in [0.1, 0.15) is 6.61 Å². The lowest BCUT2D eigenvalue weighted by Gasteiger charge is -2.22. The van der Waals surface area contributed by atoms with Crippen molar-refractivity contribution in [2.24, 2.45) is 5.73 Å². The van der Waals surface area contributed by atoms with Crippen LogP contribution in [0.4, 0.5) is 0 Å². The molecule has 0 unspecified atom stereocenters. The van der Waals surface area contributed by atoms with Crippen molar-refractivity contribution < 1.29 is 28.6 Å². The van der Waals surface area contributed by atoms with Gasteiger partial charge in [0, 0.05) is 0 Å². The second-order valence-electron chi connectivity index (χ2n) is 4.31. The molecule has 0 aliphatic rings. The monoisotopic (exact) mass is 309 g/mol. The van der Waals surface area contributed by atoms with Crippen LogP contribution in [0.2, 0.25) is 0 Å². The van der Waals surface area contributed by atoms with Crippen molar-refractivity contribution >= 4 is 17.9 Å². The highest BCUT2D eigenvalue weighted by atomic mass is 16.6. The normalized spacial score (nSPS) is 10.7. The lowest BCUT2D eigenvalue weighted by molar-refractivity contribution is -0.175. The average molecular weight is 309 g/mol. The van der Waals surface area contributed by atoms with Crippen LogP contribution in [0.3, 0.4) is 0 Å². The van der Waals surface area contributed by atoms with E-state index < -0.39 is 23.4 Å². The Kier molecular flexibility index (Phi) is 6.52. The molecule has 1 rings (SSSR count). The number of rotatable bonds is 7. The third-order valence-electron chi connectivity index (χ3n) is 2.73. The molecule has 0 spiro atoms. The number of benzene rings is 1. The van der Waals surface area contributed by atoms with Gasteiger partial charge in [0.2, 0.25) is 0 Å². The molecular weight excluding hydrogens is 290 g/mol. The molecule has 1 aromatic carbocycles. The number of ether oxygens (including phenoxy) is 3. The van der Waals surface area contributed by atoms with Gasteiger partial charge < -0.3 is 14.2 Å². The minimum Gasteiger partial charge on any atom is -0.464 e. The summed E-state index contributed by atoms with van der Waals surface area (Å²) in [4.78, 5) is 35.9. The average Bonchev–Trinajstić information content (AvgIpc) is 2.53. The van der Waals surface area contributed by atoms with Crippen LogP contribution in [-0.2, 0) is 35.2 Å². The van der Waals surface area contributed by atoms with Gasteiger partial charge in [0.25, 0.3) is 0 Å². The minimum absolute atomic E-state index is 0.0385. The van der Waals surface area contributed by atoms with E-state index in [-0.39, 0.29) is 19.8 Å². The van der Waals surface area contributed by atoms with Gasteiger partial charge in [-0.25, -0.2) is 14.4 Å². The van der Waals surface area contributed by atoms with E-state index in [4.69, 9.17) is 10.5 Å². The summed E-state index contributed by atoms with van der Waals surface area (Å²) in [5.41, 5.74) is 3.70. The van der Waals surface area contributed by atoms with Gasteiger partial charge in [-0.2, -0.15) is 0 Å². The van der Waals surface area contributed by atoms with E-state index in [0.717, 1.165) is 0 Å². The van der Waals surface area contributed by atoms with Gasteiger partial charge >= 0.3 is 23.4 Å². The molecule has 0 heterocycles. The molecule has 0 fully saturated rings. The van der Waals surface area contributed by atoms with Gasteiger partial charge in [-0.1, -0.05) is 30.3 Å². The molecule has 0 radical (unpaired) electrons. The first kappa shape index (κ1) is 17.6. The second-order valence-corrected chi connectivity index (χ2v) is 4.31. The number of carbonyl (C=O) groups is 3. The van der Waals surface area contributed by atoms with Crippen LogP contribution < -0.4 is 5.73 Å². The Labute approximate surface area is 128 Å². The highest BCUT2D eigenvalue weighted by Gasteiger charge is 2.54. The fourth-order valence-electron chi connectivity index (χ4n) is 1.58. The largest absolute Gasteiger partial charge is 0.464 e. The van der Waals surface area contributed by atoms with Crippen LogP contribution >= 0.6 is 0 Å². The van der Waals surface area contributed by atoms with Crippen LogP contribution in [0.5, 0.6) is 0 Å². The van der Waals surface area contributed by atoms with E-state index in [9.17, 15) is 14.4 Å². The topological polar surface area (TPSA) is 105 Å². The number of hydrogen-bond acceptors (Lipinski definition) is 7. The Morgan fingerprint density at radius 3 is 1.82 bits per heavy atom. The number of carbonyl (C=O) groups excluding carboxylic acids is 3. The van der Waals surface area contributed by atoms with Gasteiger partial charge in [0.15, 0.2) is 0 Å². The van der Waals surface area contributed by atoms with Crippen molar-refractivity contribution in [3.8, 4) is 0 Å². The molecular formula is C15H19NO6. The first-order valence-electron chi connectivity index (χ1n) is 6.81. The molecule has 7 heteroatoms. The van der Waals surface area contributed by atoms with Gasteiger partial charge in [-0.3, -0.25) is 5.73 Å². The van der Waals surface area contributed by atoms with Crippen LogP contribution in [-0.4, -0.2) is 36.7 Å². The van der Waals surface area contributed by atoms with E-state index in [1.165, 1.54) is 13.8 Å². The first-order chi connectivity index (χ1) is 10.5. The SMILES string of the molecule is CCOC(=O)C(N)(C(=O)OCC)C(=O)OCc1ccccc1. The van der Waals surface area contributed by atoms with E-state index >= 15 is 0 Å². The smallest absolute Gasteiger partial charge is 0.350 e. The summed E-state index contributed by atoms with van der Waals surface area (Å²) in [5, 5.41) is 0. The molecule has 22 heavy (non-hydrogen) atoms. The van der Waals surface area contributed by atoms with E-state index in [1.54, 1.807) is 30.3 Å². The maximum Gasteiger partial charge on any atom is 0.350 e. The van der Waals surface area contributed by atoms with Gasteiger partial charge in [-0.15, -0.1) is 0 Å². The standard InChI is InChI=1S/C15H19NO6/c1-3-20-12(17)15(16,13(18)21-4-2)14(19)22-10-11-8-6-5-7-9-11/h5-9H,3-4,10,16H2,1-2H3. The van der Waals surface area contributed by atoms with E-state index in [1.807, 2.05) is 0 Å². The van der Waals surface area contributed by atoms with Crippen LogP contribution in [0.25, 0.3) is 0 Å². The molecule has 0 aliphatic carbocycles. The third-order valence-corrected chi connectivity index (χ3v) is 2.73. The summed E-state index contributed by atoms with van der Waals surface area (Å²) >= 11 is 0. The molecule has 120 valence electrons. The molecule has 0 amide bonds. The predicted octanol–water partition coefficient (Wildman–Crippen LogP) is 0.554. The fourth-order valence-corrected chi connectivity index (χ4v) is 1.58. The summed E-state index contributed by atoms with van der Waals surface area (Å²) in [6, 6.07) is 8.77. The zero-order valence-corrected chi connectivity index (χ0v) is 12.5. The molecule has 0 saturated heterocycles. The quantitative estimate of drug-likeness (QED) is 0.445. The fraction of sp³-hybridized carbons (Fsp3) is 0.400. The zero-order valence-electron chi connectivity index (χ0n) is 12.5. The Morgan fingerprint density at radius 2 is 1.36 bits per heavy atom. The highest BCUT2D eigenvalue weighted by molar-refractivity contribution is 6.23. The molecule has 0 bridgehead atoms. The second kappa shape index (κ2) is 8.14. The number of esters is 3. The summed E-state index contributed by atoms with van der Waals surface area (Å²) in [6.07, 6.45) is 0. The zero-order chi connectivity index (χ0) is 16.6. The molecule has 0 saturated carbocycles.